The van der Waals surface area contributed by atoms with E-state index in [1.165, 1.54) is 12.1 Å². The summed E-state index contributed by atoms with van der Waals surface area (Å²) in [7, 11) is 0. The van der Waals surface area contributed by atoms with E-state index in [1.54, 1.807) is 17.8 Å². The zero-order chi connectivity index (χ0) is 10.6. The van der Waals surface area contributed by atoms with Crippen LogP contribution in [0.1, 0.15) is 26.7 Å². The van der Waals surface area contributed by atoms with Crippen molar-refractivity contribution in [3.8, 4) is 0 Å². The summed E-state index contributed by atoms with van der Waals surface area (Å²) in [5.74, 6) is -0.217. The molecule has 0 heterocycles. The molecule has 0 saturated carbocycles. The molecule has 0 fully saturated rings. The summed E-state index contributed by atoms with van der Waals surface area (Å²) < 4.78 is 12.9. The Kier molecular flexibility index (Phi) is 4.26. The fourth-order valence-corrected chi connectivity index (χ4v) is 2.46. The van der Waals surface area contributed by atoms with Crippen LogP contribution in [0.15, 0.2) is 23.1 Å². The van der Waals surface area contributed by atoms with Crippen LogP contribution in [-0.2, 0) is 0 Å². The van der Waals surface area contributed by atoms with E-state index in [1.807, 2.05) is 0 Å². The number of rotatable bonds is 4. The molecule has 0 amide bonds. The van der Waals surface area contributed by atoms with Crippen LogP contribution in [0.2, 0.25) is 0 Å². The van der Waals surface area contributed by atoms with Crippen LogP contribution in [0, 0.1) is 5.82 Å². The van der Waals surface area contributed by atoms with Crippen LogP contribution in [0.4, 0.5) is 10.1 Å². The molecule has 0 saturated heterocycles. The Hall–Kier alpha value is -0.700. The number of anilines is 1. The molecule has 0 aromatic heterocycles. The summed E-state index contributed by atoms with van der Waals surface area (Å²) in [4.78, 5) is 0.853. The molecule has 0 aliphatic heterocycles. The third-order valence-corrected chi connectivity index (χ3v) is 3.24. The van der Waals surface area contributed by atoms with Crippen molar-refractivity contribution in [3.05, 3.63) is 24.0 Å². The van der Waals surface area contributed by atoms with Crippen molar-refractivity contribution in [2.45, 2.75) is 36.8 Å². The predicted octanol–water partition coefficient (Wildman–Crippen LogP) is 3.69. The number of nitrogens with two attached hydrogens (primary N) is 1. The van der Waals surface area contributed by atoms with Gasteiger partial charge in [-0.1, -0.05) is 20.3 Å². The first kappa shape index (κ1) is 11.4. The molecule has 0 aliphatic rings. The maximum Gasteiger partial charge on any atom is 0.124 e. The van der Waals surface area contributed by atoms with Crippen molar-refractivity contribution >= 4 is 17.4 Å². The van der Waals surface area contributed by atoms with E-state index in [2.05, 4.69) is 13.8 Å². The molecule has 0 bridgehead atoms. The molecule has 2 N–H and O–H groups in total. The van der Waals surface area contributed by atoms with Crippen LogP contribution in [-0.4, -0.2) is 5.25 Å². The van der Waals surface area contributed by atoms with Crippen molar-refractivity contribution < 1.29 is 4.39 Å². The molecule has 1 rings (SSSR count). The first-order valence-corrected chi connectivity index (χ1v) is 5.73. The largest absolute Gasteiger partial charge is 0.398 e. The molecule has 0 aliphatic carbocycles. The Morgan fingerprint density at radius 2 is 2.21 bits per heavy atom. The summed E-state index contributed by atoms with van der Waals surface area (Å²) in [6.45, 7) is 4.28. The van der Waals surface area contributed by atoms with Crippen LogP contribution in [0.5, 0.6) is 0 Å². The minimum atomic E-state index is -0.217. The van der Waals surface area contributed by atoms with Crippen molar-refractivity contribution in [2.24, 2.45) is 0 Å². The molecule has 1 aromatic carbocycles. The summed E-state index contributed by atoms with van der Waals surface area (Å²) in [5, 5.41) is 0.490. The van der Waals surface area contributed by atoms with Crippen LogP contribution in [0.25, 0.3) is 0 Å². The standard InChI is InChI=1S/C11H16FNS/c1-3-4-8(2)14-11-7-9(12)5-6-10(11)13/h5-8H,3-4,13H2,1-2H3. The van der Waals surface area contributed by atoms with Gasteiger partial charge >= 0.3 is 0 Å². The van der Waals surface area contributed by atoms with Gasteiger partial charge in [0.25, 0.3) is 0 Å². The van der Waals surface area contributed by atoms with E-state index < -0.39 is 0 Å². The average molecular weight is 213 g/mol. The Morgan fingerprint density at radius 3 is 2.86 bits per heavy atom. The van der Waals surface area contributed by atoms with Crippen LogP contribution in [0.3, 0.4) is 0 Å². The highest BCUT2D eigenvalue weighted by molar-refractivity contribution is 8.00. The quantitative estimate of drug-likeness (QED) is 0.609. The fraction of sp³-hybridized carbons (Fsp3) is 0.455. The summed E-state index contributed by atoms with van der Waals surface area (Å²) >= 11 is 1.64. The molecular formula is C11H16FNS. The van der Waals surface area contributed by atoms with E-state index in [0.29, 0.717) is 10.9 Å². The first-order chi connectivity index (χ1) is 6.63. The van der Waals surface area contributed by atoms with Crippen molar-refractivity contribution in [2.75, 3.05) is 5.73 Å². The molecule has 0 radical (unpaired) electrons. The van der Waals surface area contributed by atoms with Crippen molar-refractivity contribution in [3.63, 3.8) is 0 Å². The number of hydrogen-bond acceptors (Lipinski definition) is 2. The highest BCUT2D eigenvalue weighted by Crippen LogP contribution is 2.30. The van der Waals surface area contributed by atoms with E-state index in [-0.39, 0.29) is 5.82 Å². The zero-order valence-corrected chi connectivity index (χ0v) is 9.40. The van der Waals surface area contributed by atoms with Gasteiger partial charge in [-0.25, -0.2) is 4.39 Å². The molecular weight excluding hydrogens is 197 g/mol. The van der Waals surface area contributed by atoms with Gasteiger partial charge < -0.3 is 5.73 Å². The van der Waals surface area contributed by atoms with Gasteiger partial charge in [0.15, 0.2) is 0 Å². The number of nitrogen functional groups attached to an aromatic ring is 1. The molecule has 1 nitrogen and oxygen atoms in total. The molecule has 1 unspecified atom stereocenters. The first-order valence-electron chi connectivity index (χ1n) is 4.85. The van der Waals surface area contributed by atoms with E-state index in [9.17, 15) is 4.39 Å². The SMILES string of the molecule is CCCC(C)Sc1cc(F)ccc1N. The van der Waals surface area contributed by atoms with Crippen molar-refractivity contribution in [1.82, 2.24) is 0 Å². The average Bonchev–Trinajstić information content (AvgIpc) is 2.12. The molecule has 78 valence electrons. The summed E-state index contributed by atoms with van der Waals surface area (Å²) in [5.41, 5.74) is 6.41. The Balaban J connectivity index is 2.70. The summed E-state index contributed by atoms with van der Waals surface area (Å²) in [6, 6.07) is 4.52. The third kappa shape index (κ3) is 3.22. The van der Waals surface area contributed by atoms with E-state index in [0.717, 1.165) is 17.7 Å². The van der Waals surface area contributed by atoms with E-state index in [4.69, 9.17) is 5.73 Å². The second-order valence-electron chi connectivity index (χ2n) is 3.40. The number of benzene rings is 1. The Morgan fingerprint density at radius 1 is 1.50 bits per heavy atom. The molecule has 1 aromatic rings. The lowest BCUT2D eigenvalue weighted by Gasteiger charge is -2.11. The van der Waals surface area contributed by atoms with Gasteiger partial charge in [0, 0.05) is 15.8 Å². The second kappa shape index (κ2) is 5.25. The maximum absolute atomic E-state index is 12.9. The van der Waals surface area contributed by atoms with Crippen LogP contribution >= 0.6 is 11.8 Å². The molecule has 14 heavy (non-hydrogen) atoms. The van der Waals surface area contributed by atoms with Gasteiger partial charge in [-0.05, 0) is 24.6 Å². The lowest BCUT2D eigenvalue weighted by atomic mass is 10.3. The van der Waals surface area contributed by atoms with Gasteiger partial charge in [-0.3, -0.25) is 0 Å². The van der Waals surface area contributed by atoms with Gasteiger partial charge in [0.2, 0.25) is 0 Å². The Labute approximate surface area is 88.9 Å². The topological polar surface area (TPSA) is 26.0 Å². The molecule has 3 heteroatoms. The molecule has 0 spiro atoms. The lowest BCUT2D eigenvalue weighted by Crippen LogP contribution is -1.97. The zero-order valence-electron chi connectivity index (χ0n) is 8.59. The monoisotopic (exact) mass is 213 g/mol. The Bertz CT molecular complexity index is 301. The summed E-state index contributed by atoms with van der Waals surface area (Å²) in [6.07, 6.45) is 2.27. The van der Waals surface area contributed by atoms with Gasteiger partial charge in [-0.15, -0.1) is 11.8 Å². The van der Waals surface area contributed by atoms with E-state index >= 15 is 0 Å². The molecule has 1 atom stereocenters. The van der Waals surface area contributed by atoms with Gasteiger partial charge in [-0.2, -0.15) is 0 Å². The minimum Gasteiger partial charge on any atom is -0.398 e. The number of halogens is 1. The van der Waals surface area contributed by atoms with Crippen molar-refractivity contribution in [1.29, 1.82) is 0 Å². The van der Waals surface area contributed by atoms with Crippen LogP contribution < -0.4 is 5.73 Å². The smallest absolute Gasteiger partial charge is 0.124 e. The predicted molar refractivity (Wildman–Crippen MR) is 61.0 cm³/mol. The highest BCUT2D eigenvalue weighted by atomic mass is 32.2. The minimum absolute atomic E-state index is 0.217. The number of hydrogen-bond donors (Lipinski definition) is 1. The lowest BCUT2D eigenvalue weighted by molar-refractivity contribution is 0.624. The number of thioether (sulfide) groups is 1. The maximum atomic E-state index is 12.9. The second-order valence-corrected chi connectivity index (χ2v) is 4.88. The normalized spacial score (nSPS) is 12.8. The highest BCUT2D eigenvalue weighted by Gasteiger charge is 2.07. The van der Waals surface area contributed by atoms with Gasteiger partial charge in [0.1, 0.15) is 5.82 Å². The third-order valence-electron chi connectivity index (χ3n) is 2.00. The fourth-order valence-electron chi connectivity index (χ4n) is 1.29. The van der Waals surface area contributed by atoms with Gasteiger partial charge in [0.05, 0.1) is 0 Å².